The Hall–Kier alpha value is -2.40. The van der Waals surface area contributed by atoms with Crippen molar-refractivity contribution >= 4 is 23.4 Å². The lowest BCUT2D eigenvalue weighted by Crippen LogP contribution is -2.50. The third-order valence-electron chi connectivity index (χ3n) is 5.45. The van der Waals surface area contributed by atoms with Crippen molar-refractivity contribution in [3.05, 3.63) is 70.5 Å². The number of nitrogens with one attached hydrogen (secondary N) is 1. The quantitative estimate of drug-likeness (QED) is 0.722. The van der Waals surface area contributed by atoms with Crippen LogP contribution in [0.3, 0.4) is 0 Å². The van der Waals surface area contributed by atoms with Crippen molar-refractivity contribution in [3.8, 4) is 0 Å². The van der Waals surface area contributed by atoms with Crippen molar-refractivity contribution < 1.29 is 14.0 Å². The van der Waals surface area contributed by atoms with Gasteiger partial charge in [0, 0.05) is 23.2 Å². The summed E-state index contributed by atoms with van der Waals surface area (Å²) in [6.45, 7) is 1.99. The Morgan fingerprint density at radius 1 is 1.14 bits per heavy atom. The minimum atomic E-state index is -0.672. The molecule has 1 saturated carbocycles. The van der Waals surface area contributed by atoms with Crippen molar-refractivity contribution in [3.63, 3.8) is 0 Å². The molecule has 0 aromatic heterocycles. The molecule has 1 fully saturated rings. The van der Waals surface area contributed by atoms with E-state index in [9.17, 15) is 14.0 Å². The predicted molar refractivity (Wildman–Crippen MR) is 112 cm³/mol. The highest BCUT2D eigenvalue weighted by atomic mass is 35.5. The van der Waals surface area contributed by atoms with Gasteiger partial charge in [0.15, 0.2) is 0 Å². The minimum absolute atomic E-state index is 0.153. The Kier molecular flexibility index (Phi) is 7.26. The molecule has 29 heavy (non-hydrogen) atoms. The highest BCUT2D eigenvalue weighted by Gasteiger charge is 2.29. The summed E-state index contributed by atoms with van der Waals surface area (Å²) in [6, 6.07) is 13.3. The monoisotopic (exact) mass is 416 g/mol. The Labute approximate surface area is 176 Å². The van der Waals surface area contributed by atoms with E-state index in [2.05, 4.69) is 5.32 Å². The van der Waals surface area contributed by atoms with Crippen molar-refractivity contribution in [2.45, 2.75) is 57.7 Å². The summed E-state index contributed by atoms with van der Waals surface area (Å²) < 4.78 is 14.2. The summed E-state index contributed by atoms with van der Waals surface area (Å²) in [5.41, 5.74) is 1.06. The molecule has 0 bridgehead atoms. The fourth-order valence-corrected chi connectivity index (χ4v) is 3.94. The predicted octanol–water partition coefficient (Wildman–Crippen LogP) is 4.50. The maximum atomic E-state index is 14.2. The van der Waals surface area contributed by atoms with Gasteiger partial charge in [0.25, 0.3) is 0 Å². The van der Waals surface area contributed by atoms with Gasteiger partial charge in [-0.1, -0.05) is 60.8 Å². The molecule has 154 valence electrons. The summed E-state index contributed by atoms with van der Waals surface area (Å²) in [5, 5.41) is 3.26. The van der Waals surface area contributed by atoms with Crippen LogP contribution in [0.25, 0.3) is 0 Å². The molecule has 1 aliphatic rings. The zero-order valence-corrected chi connectivity index (χ0v) is 17.3. The number of halogens is 2. The Morgan fingerprint density at radius 2 is 1.83 bits per heavy atom. The summed E-state index contributed by atoms with van der Waals surface area (Å²) in [7, 11) is 0. The molecule has 1 unspecified atom stereocenters. The van der Waals surface area contributed by atoms with E-state index in [1.807, 2.05) is 30.3 Å². The van der Waals surface area contributed by atoms with Crippen LogP contribution < -0.4 is 5.32 Å². The number of rotatable bonds is 7. The van der Waals surface area contributed by atoms with Gasteiger partial charge in [-0.3, -0.25) is 9.59 Å². The second-order valence-corrected chi connectivity index (χ2v) is 7.96. The molecule has 4 nitrogen and oxygen atoms in total. The molecule has 0 spiro atoms. The fraction of sp³-hybridized carbons (Fsp3) is 0.391. The number of carbonyl (C=O) groups excluding carboxylic acids is 2. The van der Waals surface area contributed by atoms with Crippen LogP contribution in [0.2, 0.25) is 5.02 Å². The lowest BCUT2D eigenvalue weighted by Gasteiger charge is -2.30. The normalized spacial score (nSPS) is 15.1. The highest BCUT2D eigenvalue weighted by Crippen LogP contribution is 2.22. The average Bonchev–Trinajstić information content (AvgIpc) is 3.22. The lowest BCUT2D eigenvalue weighted by atomic mass is 10.1. The number of hydrogen-bond acceptors (Lipinski definition) is 2. The van der Waals surface area contributed by atoms with E-state index in [0.29, 0.717) is 0 Å². The molecule has 0 aliphatic heterocycles. The largest absolute Gasteiger partial charge is 0.352 e. The SMILES string of the molecule is CC(C(=O)NC1CCCC1)N(Cc1ccccc1)C(=O)Cc1c(F)cccc1Cl. The average molecular weight is 417 g/mol. The number of benzene rings is 2. The first kappa shape index (κ1) is 21.3. The molecule has 2 aromatic carbocycles. The maximum Gasteiger partial charge on any atom is 0.242 e. The number of nitrogens with zero attached hydrogens (tertiary/aromatic N) is 1. The van der Waals surface area contributed by atoms with Gasteiger partial charge in [0.2, 0.25) is 11.8 Å². The third-order valence-corrected chi connectivity index (χ3v) is 5.81. The van der Waals surface area contributed by atoms with Gasteiger partial charge in [-0.15, -0.1) is 0 Å². The zero-order valence-electron chi connectivity index (χ0n) is 16.5. The Balaban J connectivity index is 1.79. The minimum Gasteiger partial charge on any atom is -0.352 e. The van der Waals surface area contributed by atoms with Gasteiger partial charge in [-0.05, 0) is 37.5 Å². The highest BCUT2D eigenvalue weighted by molar-refractivity contribution is 6.31. The van der Waals surface area contributed by atoms with Gasteiger partial charge in [0.05, 0.1) is 6.42 Å². The molecule has 1 N–H and O–H groups in total. The molecule has 1 atom stereocenters. The van der Waals surface area contributed by atoms with Gasteiger partial charge in [-0.25, -0.2) is 4.39 Å². The molecule has 0 radical (unpaired) electrons. The Morgan fingerprint density at radius 3 is 2.48 bits per heavy atom. The maximum absolute atomic E-state index is 14.2. The van der Waals surface area contributed by atoms with E-state index in [4.69, 9.17) is 11.6 Å². The molecular formula is C23H26ClFN2O2. The molecule has 6 heteroatoms. The van der Waals surface area contributed by atoms with Crippen LogP contribution in [-0.2, 0) is 22.6 Å². The van der Waals surface area contributed by atoms with E-state index >= 15 is 0 Å². The first-order chi connectivity index (χ1) is 14.0. The van der Waals surface area contributed by atoms with Gasteiger partial charge in [-0.2, -0.15) is 0 Å². The molecule has 0 saturated heterocycles. The first-order valence-corrected chi connectivity index (χ1v) is 10.4. The van der Waals surface area contributed by atoms with Crippen molar-refractivity contribution in [1.82, 2.24) is 10.2 Å². The number of carbonyl (C=O) groups is 2. The molecule has 3 rings (SSSR count). The molecule has 0 heterocycles. The second kappa shape index (κ2) is 9.88. The van der Waals surface area contributed by atoms with E-state index in [1.165, 1.54) is 17.0 Å². The van der Waals surface area contributed by atoms with Crippen LogP contribution in [-0.4, -0.2) is 28.8 Å². The topological polar surface area (TPSA) is 49.4 Å². The number of hydrogen-bond donors (Lipinski definition) is 1. The van der Waals surface area contributed by atoms with Crippen molar-refractivity contribution in [2.75, 3.05) is 0 Å². The summed E-state index contributed by atoms with van der Waals surface area (Å²) in [6.07, 6.45) is 3.96. The first-order valence-electron chi connectivity index (χ1n) is 10.0. The van der Waals surface area contributed by atoms with Crippen LogP contribution in [0.15, 0.2) is 48.5 Å². The van der Waals surface area contributed by atoms with E-state index in [1.54, 1.807) is 13.0 Å². The Bertz CT molecular complexity index is 833. The van der Waals surface area contributed by atoms with Gasteiger partial charge < -0.3 is 10.2 Å². The van der Waals surface area contributed by atoms with Crippen LogP contribution >= 0.6 is 11.6 Å². The summed E-state index contributed by atoms with van der Waals surface area (Å²) in [4.78, 5) is 27.4. The van der Waals surface area contributed by atoms with E-state index < -0.39 is 11.9 Å². The van der Waals surface area contributed by atoms with Crippen molar-refractivity contribution in [2.24, 2.45) is 0 Å². The summed E-state index contributed by atoms with van der Waals surface area (Å²) in [5.74, 6) is -1.04. The smallest absolute Gasteiger partial charge is 0.242 e. The van der Waals surface area contributed by atoms with Crippen LogP contribution in [0.1, 0.15) is 43.7 Å². The van der Waals surface area contributed by atoms with Crippen LogP contribution in [0.5, 0.6) is 0 Å². The summed E-state index contributed by atoms with van der Waals surface area (Å²) >= 11 is 6.10. The zero-order chi connectivity index (χ0) is 20.8. The lowest BCUT2D eigenvalue weighted by molar-refractivity contribution is -0.140. The third kappa shape index (κ3) is 5.57. The fourth-order valence-electron chi connectivity index (χ4n) is 3.71. The van der Waals surface area contributed by atoms with Crippen LogP contribution in [0, 0.1) is 5.82 Å². The van der Waals surface area contributed by atoms with Crippen molar-refractivity contribution in [1.29, 1.82) is 0 Å². The van der Waals surface area contributed by atoms with E-state index in [-0.39, 0.29) is 41.4 Å². The van der Waals surface area contributed by atoms with Gasteiger partial charge in [0.1, 0.15) is 11.9 Å². The van der Waals surface area contributed by atoms with Crippen LogP contribution in [0.4, 0.5) is 4.39 Å². The molecule has 2 aromatic rings. The molecule has 1 aliphatic carbocycles. The van der Waals surface area contributed by atoms with Gasteiger partial charge >= 0.3 is 0 Å². The standard InChI is InChI=1S/C23H26ClFN2O2/c1-16(23(29)26-18-10-5-6-11-18)27(15-17-8-3-2-4-9-17)22(28)14-19-20(24)12-7-13-21(19)25/h2-4,7-9,12-13,16,18H,5-6,10-11,14-15H2,1H3,(H,26,29). The number of amides is 2. The molecule has 2 amide bonds. The van der Waals surface area contributed by atoms with E-state index in [0.717, 1.165) is 31.2 Å². The molecular weight excluding hydrogens is 391 g/mol. The second-order valence-electron chi connectivity index (χ2n) is 7.55.